The van der Waals surface area contributed by atoms with Crippen molar-refractivity contribution in [2.45, 2.75) is 30.8 Å². The highest BCUT2D eigenvalue weighted by Gasteiger charge is 2.38. The van der Waals surface area contributed by atoms with Crippen LogP contribution in [0.2, 0.25) is 0 Å². The number of hydroxylamine groups is 2. The minimum atomic E-state index is -1.08. The van der Waals surface area contributed by atoms with Gasteiger partial charge in [-0.1, -0.05) is 96.1 Å². The summed E-state index contributed by atoms with van der Waals surface area (Å²) in [6.45, 7) is -0.262. The summed E-state index contributed by atoms with van der Waals surface area (Å²) in [5.41, 5.74) is 10.5. The zero-order chi connectivity index (χ0) is 27.7. The zero-order valence-electron chi connectivity index (χ0n) is 20.9. The molecular weight excluding hydrogens is 500 g/mol. The lowest BCUT2D eigenvalue weighted by Crippen LogP contribution is -2.49. The first-order chi connectivity index (χ1) is 18.9. The van der Waals surface area contributed by atoms with Gasteiger partial charge in [-0.2, -0.15) is 0 Å². The van der Waals surface area contributed by atoms with Gasteiger partial charge in [0.15, 0.2) is 0 Å². The second-order valence-corrected chi connectivity index (χ2v) is 8.80. The molecule has 4 amide bonds. The first kappa shape index (κ1) is 26.9. The molecule has 1 saturated heterocycles. The molecule has 1 atom stereocenters. The average molecular weight is 527 g/mol. The highest BCUT2D eigenvalue weighted by atomic mass is 16.7. The lowest BCUT2D eigenvalue weighted by atomic mass is 9.77. The van der Waals surface area contributed by atoms with E-state index >= 15 is 0 Å². The molecule has 11 heteroatoms. The number of azide groups is 1. The minimum absolute atomic E-state index is 0.0420. The van der Waals surface area contributed by atoms with Crippen LogP contribution in [-0.4, -0.2) is 41.5 Å². The van der Waals surface area contributed by atoms with Gasteiger partial charge in [0.1, 0.15) is 5.54 Å². The van der Waals surface area contributed by atoms with Crippen LogP contribution in [0.5, 0.6) is 0 Å². The summed E-state index contributed by atoms with van der Waals surface area (Å²) < 4.78 is 0. The number of hydrogen-bond acceptors (Lipinski definition) is 6. The third-order valence-electron chi connectivity index (χ3n) is 6.25. The number of nitrogens with one attached hydrogen (secondary N) is 2. The van der Waals surface area contributed by atoms with Crippen molar-refractivity contribution in [3.05, 3.63) is 118 Å². The van der Waals surface area contributed by atoms with Crippen LogP contribution in [-0.2, 0) is 24.8 Å². The van der Waals surface area contributed by atoms with Crippen molar-refractivity contribution in [1.29, 1.82) is 0 Å². The lowest BCUT2D eigenvalue weighted by Gasteiger charge is -2.37. The smallest absolute Gasteiger partial charge is 0.338 e. The molecule has 1 heterocycles. The standard InChI is InChI=1S/C28H26N6O5/c29-33-32-23(19-30-27(38)39-34-25(36)16-17-26(34)37)18-24(35)31-28(20-10-4-1-5-11-20,21-12-6-2-7-13-21)22-14-8-3-9-15-22/h1-15,23H,16-19H2,(H,30,38)(H,31,35)/t23-/m0/s1. The Hall–Kier alpha value is -5.15. The van der Waals surface area contributed by atoms with E-state index in [0.717, 1.165) is 16.7 Å². The Bertz CT molecular complexity index is 1260. The molecule has 4 rings (SSSR count). The summed E-state index contributed by atoms with van der Waals surface area (Å²) in [6.07, 6.45) is -1.43. The number of amides is 4. The topological polar surface area (TPSA) is 154 Å². The Labute approximate surface area is 224 Å². The molecule has 198 valence electrons. The Morgan fingerprint density at radius 1 is 0.872 bits per heavy atom. The van der Waals surface area contributed by atoms with Gasteiger partial charge in [-0.3, -0.25) is 14.4 Å². The molecule has 0 radical (unpaired) electrons. The molecule has 0 aromatic heterocycles. The number of hydrogen-bond donors (Lipinski definition) is 2. The third kappa shape index (κ3) is 6.23. The monoisotopic (exact) mass is 526 g/mol. The van der Waals surface area contributed by atoms with Crippen LogP contribution < -0.4 is 10.6 Å². The van der Waals surface area contributed by atoms with E-state index in [4.69, 9.17) is 10.4 Å². The van der Waals surface area contributed by atoms with Crippen molar-refractivity contribution in [3.63, 3.8) is 0 Å². The normalized spacial score (nSPS) is 13.8. The van der Waals surface area contributed by atoms with Gasteiger partial charge >= 0.3 is 6.09 Å². The first-order valence-corrected chi connectivity index (χ1v) is 12.3. The second-order valence-electron chi connectivity index (χ2n) is 8.80. The Morgan fingerprint density at radius 2 is 1.33 bits per heavy atom. The van der Waals surface area contributed by atoms with E-state index < -0.39 is 35.4 Å². The number of rotatable bonds is 10. The van der Waals surface area contributed by atoms with Gasteiger partial charge in [0.2, 0.25) is 5.91 Å². The van der Waals surface area contributed by atoms with Gasteiger partial charge in [0.25, 0.3) is 11.8 Å². The van der Waals surface area contributed by atoms with Gasteiger partial charge < -0.3 is 15.5 Å². The maximum absolute atomic E-state index is 13.5. The van der Waals surface area contributed by atoms with E-state index in [2.05, 4.69) is 20.7 Å². The molecule has 0 bridgehead atoms. The van der Waals surface area contributed by atoms with Crippen LogP contribution in [0.25, 0.3) is 10.4 Å². The van der Waals surface area contributed by atoms with E-state index in [1.165, 1.54) is 0 Å². The highest BCUT2D eigenvalue weighted by molar-refractivity contribution is 6.01. The number of carbonyl (C=O) groups is 4. The Morgan fingerprint density at radius 3 is 1.77 bits per heavy atom. The number of carbonyl (C=O) groups excluding carboxylic acids is 4. The third-order valence-corrected chi connectivity index (χ3v) is 6.25. The predicted molar refractivity (Wildman–Crippen MR) is 140 cm³/mol. The quantitative estimate of drug-likeness (QED) is 0.135. The number of imide groups is 1. The highest BCUT2D eigenvalue weighted by Crippen LogP contribution is 2.36. The van der Waals surface area contributed by atoms with E-state index in [-0.39, 0.29) is 25.8 Å². The molecule has 11 nitrogen and oxygen atoms in total. The zero-order valence-corrected chi connectivity index (χ0v) is 20.9. The molecule has 2 N–H and O–H groups in total. The van der Waals surface area contributed by atoms with Gasteiger partial charge in [-0.05, 0) is 22.2 Å². The summed E-state index contributed by atoms with van der Waals surface area (Å²) >= 11 is 0. The summed E-state index contributed by atoms with van der Waals surface area (Å²) in [5.74, 6) is -1.69. The maximum atomic E-state index is 13.5. The minimum Gasteiger partial charge on any atom is -0.338 e. The fraction of sp³-hybridized carbons (Fsp3) is 0.214. The van der Waals surface area contributed by atoms with Crippen molar-refractivity contribution < 1.29 is 24.0 Å². The molecule has 0 aliphatic carbocycles. The van der Waals surface area contributed by atoms with Gasteiger partial charge in [0.05, 0.1) is 6.04 Å². The van der Waals surface area contributed by atoms with Crippen molar-refractivity contribution in [3.8, 4) is 0 Å². The van der Waals surface area contributed by atoms with Crippen molar-refractivity contribution >= 4 is 23.8 Å². The molecular formula is C28H26N6O5. The second kappa shape index (κ2) is 12.4. The summed E-state index contributed by atoms with van der Waals surface area (Å²) in [7, 11) is 0. The van der Waals surface area contributed by atoms with Crippen LogP contribution in [0.15, 0.2) is 96.1 Å². The number of nitrogens with zero attached hydrogens (tertiary/aromatic N) is 4. The molecule has 0 unspecified atom stereocenters. The van der Waals surface area contributed by atoms with Crippen molar-refractivity contribution in [2.75, 3.05) is 6.54 Å². The van der Waals surface area contributed by atoms with Crippen molar-refractivity contribution in [1.82, 2.24) is 15.7 Å². The summed E-state index contributed by atoms with van der Waals surface area (Å²) in [5, 5.41) is 9.56. The van der Waals surface area contributed by atoms with E-state index in [0.29, 0.717) is 5.06 Å². The van der Waals surface area contributed by atoms with Crippen molar-refractivity contribution in [2.24, 2.45) is 5.11 Å². The lowest BCUT2D eigenvalue weighted by molar-refractivity contribution is -0.171. The van der Waals surface area contributed by atoms with E-state index in [9.17, 15) is 19.2 Å². The Kier molecular flexibility index (Phi) is 8.55. The van der Waals surface area contributed by atoms with Gasteiger partial charge in [-0.15, -0.1) is 5.06 Å². The van der Waals surface area contributed by atoms with Gasteiger partial charge in [-0.25, -0.2) is 4.79 Å². The van der Waals surface area contributed by atoms with Gasteiger partial charge in [0, 0.05) is 30.7 Å². The molecule has 3 aromatic carbocycles. The molecule has 0 saturated carbocycles. The van der Waals surface area contributed by atoms with Crippen LogP contribution in [0.4, 0.5) is 4.79 Å². The van der Waals surface area contributed by atoms with Crippen LogP contribution in [0.3, 0.4) is 0 Å². The molecule has 0 spiro atoms. The van der Waals surface area contributed by atoms with Crippen LogP contribution >= 0.6 is 0 Å². The summed E-state index contributed by atoms with van der Waals surface area (Å²) in [6, 6.07) is 27.5. The van der Waals surface area contributed by atoms with E-state index in [1.54, 1.807) is 0 Å². The fourth-order valence-corrected chi connectivity index (χ4v) is 4.46. The van der Waals surface area contributed by atoms with Crippen LogP contribution in [0.1, 0.15) is 36.0 Å². The van der Waals surface area contributed by atoms with E-state index in [1.807, 2.05) is 91.0 Å². The molecule has 1 aliphatic rings. The summed E-state index contributed by atoms with van der Waals surface area (Å²) in [4.78, 5) is 56.6. The maximum Gasteiger partial charge on any atom is 0.432 e. The molecule has 1 aliphatic heterocycles. The molecule has 1 fully saturated rings. The Balaban J connectivity index is 1.56. The van der Waals surface area contributed by atoms with Crippen LogP contribution in [0, 0.1) is 0 Å². The molecule has 39 heavy (non-hydrogen) atoms. The first-order valence-electron chi connectivity index (χ1n) is 12.3. The number of benzene rings is 3. The largest absolute Gasteiger partial charge is 0.432 e. The SMILES string of the molecule is [N-]=[N+]=N[C@H](CNC(=O)ON1C(=O)CCC1=O)CC(=O)NC(c1ccccc1)(c1ccccc1)c1ccccc1. The average Bonchev–Trinajstić information content (AvgIpc) is 3.28. The molecule has 3 aromatic rings. The fourth-order valence-electron chi connectivity index (χ4n) is 4.46. The predicted octanol–water partition coefficient (Wildman–Crippen LogP) is 3.95.